The summed E-state index contributed by atoms with van der Waals surface area (Å²) in [6.07, 6.45) is 2.98. The number of anilines is 1. The topological polar surface area (TPSA) is 104 Å². The summed E-state index contributed by atoms with van der Waals surface area (Å²) in [5.41, 5.74) is 0.272. The molecule has 0 bridgehead atoms. The second kappa shape index (κ2) is 7.04. The standard InChI is InChI=1S/C16H22N6O3/c1-4-21-9-12(16(24)25-5-2)14(20-21)17-15(23)11-6-7-13-19-18-10(3)22(13)8-11/h9,11H,4-8H2,1-3H3,(H,17,20,23). The third-order valence-corrected chi connectivity index (χ3v) is 4.33. The van der Waals surface area contributed by atoms with Crippen molar-refractivity contribution < 1.29 is 14.3 Å². The average molecular weight is 346 g/mol. The second-order valence-electron chi connectivity index (χ2n) is 5.97. The van der Waals surface area contributed by atoms with Crippen molar-refractivity contribution in [3.05, 3.63) is 23.4 Å². The van der Waals surface area contributed by atoms with Gasteiger partial charge in [-0.05, 0) is 27.2 Å². The lowest BCUT2D eigenvalue weighted by Gasteiger charge is -2.22. The fourth-order valence-electron chi connectivity index (χ4n) is 2.93. The minimum absolute atomic E-state index is 0.161. The van der Waals surface area contributed by atoms with E-state index in [4.69, 9.17) is 4.74 Å². The van der Waals surface area contributed by atoms with Crippen molar-refractivity contribution in [3.8, 4) is 0 Å². The summed E-state index contributed by atoms with van der Waals surface area (Å²) in [5, 5.41) is 15.2. The Bertz CT molecular complexity index is 794. The molecule has 0 aliphatic carbocycles. The number of aryl methyl sites for hydroxylation is 3. The molecule has 9 heteroatoms. The van der Waals surface area contributed by atoms with E-state index in [2.05, 4.69) is 20.6 Å². The number of amides is 1. The molecule has 134 valence electrons. The Morgan fingerprint density at radius 2 is 2.16 bits per heavy atom. The van der Waals surface area contributed by atoms with Gasteiger partial charge in [0.1, 0.15) is 17.2 Å². The fraction of sp³-hybridized carbons (Fsp3) is 0.562. The largest absolute Gasteiger partial charge is 0.462 e. The van der Waals surface area contributed by atoms with Crippen LogP contribution in [0.1, 0.15) is 42.3 Å². The second-order valence-corrected chi connectivity index (χ2v) is 5.97. The van der Waals surface area contributed by atoms with E-state index in [9.17, 15) is 9.59 Å². The lowest BCUT2D eigenvalue weighted by atomic mass is 9.98. The van der Waals surface area contributed by atoms with Crippen LogP contribution in [0.2, 0.25) is 0 Å². The van der Waals surface area contributed by atoms with E-state index in [1.54, 1.807) is 17.8 Å². The van der Waals surface area contributed by atoms with Gasteiger partial charge >= 0.3 is 5.97 Å². The predicted molar refractivity (Wildman–Crippen MR) is 89.1 cm³/mol. The Morgan fingerprint density at radius 3 is 2.88 bits per heavy atom. The summed E-state index contributed by atoms with van der Waals surface area (Å²) in [7, 11) is 0. The molecule has 0 aromatic carbocycles. The number of aromatic nitrogens is 5. The highest BCUT2D eigenvalue weighted by Gasteiger charge is 2.28. The number of carbonyl (C=O) groups excluding carboxylic acids is 2. The maximum Gasteiger partial charge on any atom is 0.343 e. The quantitative estimate of drug-likeness (QED) is 0.815. The van der Waals surface area contributed by atoms with Gasteiger partial charge in [-0.2, -0.15) is 5.10 Å². The zero-order chi connectivity index (χ0) is 18.0. The summed E-state index contributed by atoms with van der Waals surface area (Å²) in [6, 6.07) is 0. The Hall–Kier alpha value is -2.71. The first-order valence-corrected chi connectivity index (χ1v) is 8.47. The third kappa shape index (κ3) is 3.40. The van der Waals surface area contributed by atoms with Gasteiger partial charge < -0.3 is 14.6 Å². The van der Waals surface area contributed by atoms with Crippen LogP contribution in [-0.2, 0) is 29.0 Å². The number of esters is 1. The summed E-state index contributed by atoms with van der Waals surface area (Å²) in [5.74, 6) is 1.09. The maximum atomic E-state index is 12.7. The highest BCUT2D eigenvalue weighted by atomic mass is 16.5. The minimum atomic E-state index is -0.488. The van der Waals surface area contributed by atoms with Gasteiger partial charge in [-0.15, -0.1) is 10.2 Å². The summed E-state index contributed by atoms with van der Waals surface area (Å²) >= 11 is 0. The number of carbonyl (C=O) groups is 2. The van der Waals surface area contributed by atoms with E-state index in [1.165, 1.54) is 0 Å². The molecule has 1 unspecified atom stereocenters. The molecule has 0 saturated heterocycles. The highest BCUT2D eigenvalue weighted by Crippen LogP contribution is 2.22. The Labute approximate surface area is 145 Å². The SMILES string of the molecule is CCOC(=O)c1cn(CC)nc1NC(=O)C1CCc2nnc(C)n2C1. The molecule has 0 radical (unpaired) electrons. The van der Waals surface area contributed by atoms with Gasteiger partial charge in [0.05, 0.1) is 12.5 Å². The third-order valence-electron chi connectivity index (χ3n) is 4.33. The molecule has 3 rings (SSSR count). The van der Waals surface area contributed by atoms with Crippen LogP contribution in [0.15, 0.2) is 6.20 Å². The van der Waals surface area contributed by atoms with Gasteiger partial charge in [0.2, 0.25) is 5.91 Å². The monoisotopic (exact) mass is 346 g/mol. The first-order valence-electron chi connectivity index (χ1n) is 8.47. The van der Waals surface area contributed by atoms with Crippen LogP contribution in [0, 0.1) is 12.8 Å². The van der Waals surface area contributed by atoms with E-state index in [-0.39, 0.29) is 29.8 Å². The molecular weight excluding hydrogens is 324 g/mol. The molecule has 1 N–H and O–H groups in total. The van der Waals surface area contributed by atoms with Gasteiger partial charge in [0.25, 0.3) is 0 Å². The molecule has 1 aliphatic heterocycles. The Kier molecular flexibility index (Phi) is 4.82. The molecule has 2 aromatic heterocycles. The van der Waals surface area contributed by atoms with Gasteiger partial charge in [0, 0.05) is 25.7 Å². The van der Waals surface area contributed by atoms with Crippen LogP contribution >= 0.6 is 0 Å². The van der Waals surface area contributed by atoms with Crippen molar-refractivity contribution in [2.45, 2.75) is 46.7 Å². The summed E-state index contributed by atoms with van der Waals surface area (Å²) < 4.78 is 8.61. The molecule has 2 aromatic rings. The molecule has 1 aliphatic rings. The van der Waals surface area contributed by atoms with Crippen LogP contribution < -0.4 is 5.32 Å². The van der Waals surface area contributed by atoms with Crippen LogP contribution in [0.25, 0.3) is 0 Å². The van der Waals surface area contributed by atoms with Gasteiger partial charge in [-0.25, -0.2) is 4.79 Å². The van der Waals surface area contributed by atoms with Crippen molar-refractivity contribution in [1.29, 1.82) is 0 Å². The van der Waals surface area contributed by atoms with E-state index < -0.39 is 5.97 Å². The summed E-state index contributed by atoms with van der Waals surface area (Å²) in [4.78, 5) is 24.8. The first-order chi connectivity index (χ1) is 12.0. The lowest BCUT2D eigenvalue weighted by molar-refractivity contribution is -0.120. The number of ether oxygens (including phenoxy) is 1. The fourth-order valence-corrected chi connectivity index (χ4v) is 2.93. The van der Waals surface area contributed by atoms with Crippen molar-refractivity contribution in [1.82, 2.24) is 24.5 Å². The van der Waals surface area contributed by atoms with Crippen molar-refractivity contribution in [2.75, 3.05) is 11.9 Å². The Morgan fingerprint density at radius 1 is 1.36 bits per heavy atom. The van der Waals surface area contributed by atoms with Crippen molar-refractivity contribution in [2.24, 2.45) is 5.92 Å². The van der Waals surface area contributed by atoms with Crippen LogP contribution in [0.3, 0.4) is 0 Å². The molecule has 0 spiro atoms. The van der Waals surface area contributed by atoms with E-state index in [0.717, 1.165) is 11.6 Å². The first kappa shape index (κ1) is 17.1. The molecule has 0 saturated carbocycles. The summed E-state index contributed by atoms with van der Waals surface area (Å²) in [6.45, 7) is 6.91. The van der Waals surface area contributed by atoms with Gasteiger partial charge in [-0.3, -0.25) is 9.48 Å². The zero-order valence-electron chi connectivity index (χ0n) is 14.7. The zero-order valence-corrected chi connectivity index (χ0v) is 14.7. The van der Waals surface area contributed by atoms with Crippen LogP contribution in [0.4, 0.5) is 5.82 Å². The predicted octanol–water partition coefficient (Wildman–Crippen LogP) is 1.18. The van der Waals surface area contributed by atoms with Gasteiger partial charge in [0.15, 0.2) is 5.82 Å². The molecule has 3 heterocycles. The number of nitrogens with zero attached hydrogens (tertiary/aromatic N) is 5. The molecular formula is C16H22N6O3. The number of hydrogen-bond acceptors (Lipinski definition) is 6. The van der Waals surface area contributed by atoms with E-state index in [1.807, 2.05) is 18.4 Å². The molecule has 1 atom stereocenters. The van der Waals surface area contributed by atoms with E-state index >= 15 is 0 Å². The molecule has 9 nitrogen and oxygen atoms in total. The Balaban J connectivity index is 1.76. The number of nitrogens with one attached hydrogen (secondary N) is 1. The van der Waals surface area contributed by atoms with Gasteiger partial charge in [-0.1, -0.05) is 0 Å². The average Bonchev–Trinajstić information content (AvgIpc) is 3.18. The minimum Gasteiger partial charge on any atom is -0.462 e. The van der Waals surface area contributed by atoms with E-state index in [0.29, 0.717) is 25.9 Å². The van der Waals surface area contributed by atoms with Crippen LogP contribution in [0.5, 0.6) is 0 Å². The normalized spacial score (nSPS) is 16.4. The molecule has 0 fully saturated rings. The van der Waals surface area contributed by atoms with Crippen LogP contribution in [-0.4, -0.2) is 43.0 Å². The number of fused-ring (bicyclic) bond motifs is 1. The van der Waals surface area contributed by atoms with Crippen molar-refractivity contribution >= 4 is 17.7 Å². The number of rotatable bonds is 5. The molecule has 25 heavy (non-hydrogen) atoms. The smallest absolute Gasteiger partial charge is 0.343 e. The number of hydrogen-bond donors (Lipinski definition) is 1. The highest BCUT2D eigenvalue weighted by molar-refractivity contribution is 6.00. The molecule has 1 amide bonds. The van der Waals surface area contributed by atoms with Crippen molar-refractivity contribution in [3.63, 3.8) is 0 Å². The maximum absolute atomic E-state index is 12.7. The lowest BCUT2D eigenvalue weighted by Crippen LogP contribution is -2.32.